The number of amides is 1. The Kier molecular flexibility index (Phi) is 4.79. The summed E-state index contributed by atoms with van der Waals surface area (Å²) >= 11 is 0. The summed E-state index contributed by atoms with van der Waals surface area (Å²) in [5.74, 6) is 1.90. The summed E-state index contributed by atoms with van der Waals surface area (Å²) in [6.45, 7) is 9.71. The molecule has 1 N–H and O–H groups in total. The number of nitrogens with zero attached hydrogens (tertiary/aromatic N) is 3. The van der Waals surface area contributed by atoms with Crippen molar-refractivity contribution < 1.29 is 9.21 Å². The van der Waals surface area contributed by atoms with Crippen LogP contribution in [0.1, 0.15) is 35.3 Å². The van der Waals surface area contributed by atoms with Crippen LogP contribution in [0, 0.1) is 33.6 Å². The minimum atomic E-state index is 0.0161. The molecule has 28 heavy (non-hydrogen) atoms. The van der Waals surface area contributed by atoms with Crippen LogP contribution in [0.4, 0.5) is 11.5 Å². The van der Waals surface area contributed by atoms with Crippen LogP contribution in [0.15, 0.2) is 28.9 Å². The minimum Gasteiger partial charge on any atom is -0.443 e. The van der Waals surface area contributed by atoms with E-state index in [2.05, 4.69) is 34.0 Å². The fourth-order valence-corrected chi connectivity index (χ4v) is 3.82. The van der Waals surface area contributed by atoms with Crippen LogP contribution in [-0.2, 0) is 4.79 Å². The number of furan rings is 1. The Morgan fingerprint density at radius 2 is 1.86 bits per heavy atom. The maximum absolute atomic E-state index is 12.7. The van der Waals surface area contributed by atoms with E-state index < -0.39 is 0 Å². The topological polar surface area (TPSA) is 71.3 Å². The highest BCUT2D eigenvalue weighted by atomic mass is 16.3. The molecule has 1 aliphatic heterocycles. The zero-order valence-corrected chi connectivity index (χ0v) is 16.9. The van der Waals surface area contributed by atoms with Crippen LogP contribution in [0.5, 0.6) is 0 Å². The molecule has 0 aliphatic carbocycles. The van der Waals surface area contributed by atoms with Crippen LogP contribution >= 0.6 is 0 Å². The summed E-state index contributed by atoms with van der Waals surface area (Å²) < 4.78 is 5.73. The number of rotatable bonds is 3. The molecule has 3 heterocycles. The summed E-state index contributed by atoms with van der Waals surface area (Å²) in [7, 11) is 0. The predicted molar refractivity (Wildman–Crippen MR) is 111 cm³/mol. The van der Waals surface area contributed by atoms with Gasteiger partial charge in [-0.25, -0.2) is 9.97 Å². The number of fused-ring (bicyclic) bond motifs is 1. The third kappa shape index (κ3) is 3.35. The molecule has 1 saturated heterocycles. The Labute approximate surface area is 165 Å². The first-order chi connectivity index (χ1) is 13.4. The van der Waals surface area contributed by atoms with Gasteiger partial charge in [-0.15, -0.1) is 0 Å². The van der Waals surface area contributed by atoms with E-state index >= 15 is 0 Å². The lowest BCUT2D eigenvalue weighted by Crippen LogP contribution is -2.38. The quantitative estimate of drug-likeness (QED) is 0.735. The van der Waals surface area contributed by atoms with E-state index in [0.29, 0.717) is 5.71 Å². The Hall–Kier alpha value is -2.89. The first-order valence-electron chi connectivity index (χ1n) is 9.78. The number of hydrogen-bond donors (Lipinski definition) is 1. The van der Waals surface area contributed by atoms with Crippen molar-refractivity contribution in [1.82, 2.24) is 9.97 Å². The normalized spacial score (nSPS) is 15.2. The number of aryl methyl sites for hydroxylation is 4. The molecule has 3 aromatic rings. The van der Waals surface area contributed by atoms with Gasteiger partial charge in [0.15, 0.2) is 0 Å². The average molecular weight is 378 g/mol. The van der Waals surface area contributed by atoms with Gasteiger partial charge in [-0.05, 0) is 63.8 Å². The van der Waals surface area contributed by atoms with E-state index in [4.69, 9.17) is 4.42 Å². The minimum absolute atomic E-state index is 0.0161. The second-order valence-electron chi connectivity index (χ2n) is 7.71. The van der Waals surface area contributed by atoms with Crippen molar-refractivity contribution >= 4 is 28.5 Å². The van der Waals surface area contributed by atoms with Gasteiger partial charge in [0.25, 0.3) is 0 Å². The molecule has 1 aromatic carbocycles. The maximum Gasteiger partial charge on any atom is 0.231 e. The van der Waals surface area contributed by atoms with E-state index in [9.17, 15) is 4.79 Å². The van der Waals surface area contributed by atoms with Crippen LogP contribution < -0.4 is 10.2 Å². The number of piperidine rings is 1. The van der Waals surface area contributed by atoms with Gasteiger partial charge in [-0.3, -0.25) is 4.79 Å². The van der Waals surface area contributed by atoms with Crippen LogP contribution in [0.2, 0.25) is 0 Å². The van der Waals surface area contributed by atoms with Crippen molar-refractivity contribution in [3.63, 3.8) is 0 Å². The Balaban J connectivity index is 1.45. The Bertz CT molecular complexity index is 1030. The number of hydrogen-bond acceptors (Lipinski definition) is 5. The third-order valence-electron chi connectivity index (χ3n) is 5.89. The van der Waals surface area contributed by atoms with Gasteiger partial charge in [0.1, 0.15) is 17.9 Å². The van der Waals surface area contributed by atoms with Gasteiger partial charge in [0.2, 0.25) is 11.6 Å². The highest BCUT2D eigenvalue weighted by Gasteiger charge is 2.27. The van der Waals surface area contributed by atoms with E-state index in [0.717, 1.165) is 54.1 Å². The molecular formula is C22H26N4O2. The SMILES string of the molecule is Cc1ccc(NC(=O)C2CCN(c3ncnc4oc(C)c(C)c34)CC2)cc1C. The molecule has 6 nitrogen and oxygen atoms in total. The fourth-order valence-electron chi connectivity index (χ4n) is 3.82. The van der Waals surface area contributed by atoms with Crippen molar-refractivity contribution in [3.8, 4) is 0 Å². The fraction of sp³-hybridized carbons (Fsp3) is 0.409. The number of anilines is 2. The number of carbonyl (C=O) groups excluding carboxylic acids is 1. The molecule has 2 aromatic heterocycles. The molecule has 4 rings (SSSR count). The first kappa shape index (κ1) is 18.5. The highest BCUT2D eigenvalue weighted by molar-refractivity contribution is 5.93. The summed E-state index contributed by atoms with van der Waals surface area (Å²) in [6.07, 6.45) is 3.16. The van der Waals surface area contributed by atoms with Crippen molar-refractivity contribution in [3.05, 3.63) is 47.0 Å². The number of carbonyl (C=O) groups is 1. The summed E-state index contributed by atoms with van der Waals surface area (Å²) in [5, 5.41) is 4.06. The molecule has 1 aliphatic rings. The van der Waals surface area contributed by atoms with E-state index in [1.165, 1.54) is 11.1 Å². The molecule has 0 bridgehead atoms. The lowest BCUT2D eigenvalue weighted by Gasteiger charge is -2.32. The van der Waals surface area contributed by atoms with Crippen LogP contribution in [0.3, 0.4) is 0 Å². The third-order valence-corrected chi connectivity index (χ3v) is 5.89. The van der Waals surface area contributed by atoms with Gasteiger partial charge < -0.3 is 14.6 Å². The van der Waals surface area contributed by atoms with E-state index in [-0.39, 0.29) is 11.8 Å². The highest BCUT2D eigenvalue weighted by Crippen LogP contribution is 2.32. The monoisotopic (exact) mass is 378 g/mol. The van der Waals surface area contributed by atoms with Gasteiger partial charge in [0.05, 0.1) is 5.39 Å². The van der Waals surface area contributed by atoms with Gasteiger partial charge in [0, 0.05) is 30.3 Å². The lowest BCUT2D eigenvalue weighted by molar-refractivity contribution is -0.120. The first-order valence-corrected chi connectivity index (χ1v) is 9.78. The molecule has 1 amide bonds. The van der Waals surface area contributed by atoms with Gasteiger partial charge in [-0.2, -0.15) is 0 Å². The van der Waals surface area contributed by atoms with Crippen molar-refractivity contribution in [1.29, 1.82) is 0 Å². The van der Waals surface area contributed by atoms with E-state index in [1.54, 1.807) is 6.33 Å². The maximum atomic E-state index is 12.7. The van der Waals surface area contributed by atoms with Crippen LogP contribution in [0.25, 0.3) is 11.1 Å². The molecule has 1 fully saturated rings. The largest absolute Gasteiger partial charge is 0.443 e. The average Bonchev–Trinajstić information content (AvgIpc) is 2.99. The summed E-state index contributed by atoms with van der Waals surface area (Å²) in [4.78, 5) is 23.7. The lowest BCUT2D eigenvalue weighted by atomic mass is 9.95. The molecule has 0 saturated carbocycles. The number of aromatic nitrogens is 2. The molecule has 0 atom stereocenters. The molecule has 146 valence electrons. The Morgan fingerprint density at radius 3 is 2.57 bits per heavy atom. The molecule has 0 radical (unpaired) electrons. The molecular weight excluding hydrogens is 352 g/mol. The number of benzene rings is 1. The predicted octanol–water partition coefficient (Wildman–Crippen LogP) is 4.31. The van der Waals surface area contributed by atoms with Crippen molar-refractivity contribution in [2.45, 2.75) is 40.5 Å². The summed E-state index contributed by atoms with van der Waals surface area (Å²) in [6, 6.07) is 6.05. The number of nitrogens with one attached hydrogen (secondary N) is 1. The van der Waals surface area contributed by atoms with Gasteiger partial charge >= 0.3 is 0 Å². The zero-order valence-electron chi connectivity index (χ0n) is 16.9. The van der Waals surface area contributed by atoms with Crippen LogP contribution in [-0.4, -0.2) is 29.0 Å². The molecule has 0 spiro atoms. The van der Waals surface area contributed by atoms with Crippen molar-refractivity contribution in [2.24, 2.45) is 5.92 Å². The summed E-state index contributed by atoms with van der Waals surface area (Å²) in [5.41, 5.74) is 5.01. The molecule has 6 heteroatoms. The standard InChI is InChI=1S/C22H26N4O2/c1-13-5-6-18(11-14(13)2)25-21(27)17-7-9-26(10-8-17)20-19-15(3)16(4)28-22(19)24-12-23-20/h5-6,11-12,17H,7-10H2,1-4H3,(H,25,27). The molecule has 0 unspecified atom stereocenters. The zero-order chi connectivity index (χ0) is 19.8. The second kappa shape index (κ2) is 7.26. The van der Waals surface area contributed by atoms with Crippen molar-refractivity contribution in [2.75, 3.05) is 23.3 Å². The smallest absolute Gasteiger partial charge is 0.231 e. The Morgan fingerprint density at radius 1 is 1.11 bits per heavy atom. The second-order valence-corrected chi connectivity index (χ2v) is 7.71. The van der Waals surface area contributed by atoms with E-state index in [1.807, 2.05) is 32.0 Å². The van der Waals surface area contributed by atoms with Gasteiger partial charge in [-0.1, -0.05) is 6.07 Å².